The maximum absolute atomic E-state index is 11.9. The Balaban J connectivity index is 1.69. The predicted octanol–water partition coefficient (Wildman–Crippen LogP) is 0.635. The van der Waals surface area contributed by atoms with Crippen LogP contribution in [-0.2, 0) is 11.3 Å². The van der Waals surface area contributed by atoms with Crippen LogP contribution < -0.4 is 5.32 Å². The zero-order chi connectivity index (χ0) is 14.5. The van der Waals surface area contributed by atoms with E-state index in [0.29, 0.717) is 19.6 Å². The third-order valence-electron chi connectivity index (χ3n) is 3.65. The van der Waals surface area contributed by atoms with E-state index in [1.165, 1.54) is 0 Å². The quantitative estimate of drug-likeness (QED) is 0.775. The van der Waals surface area contributed by atoms with E-state index < -0.39 is 11.9 Å². The van der Waals surface area contributed by atoms with Crippen molar-refractivity contribution in [3.05, 3.63) is 18.7 Å². The highest BCUT2D eigenvalue weighted by Gasteiger charge is 2.36. The lowest BCUT2D eigenvalue weighted by Gasteiger charge is -2.16. The van der Waals surface area contributed by atoms with Crippen LogP contribution in [0.25, 0.3) is 0 Å². The van der Waals surface area contributed by atoms with Crippen LogP contribution in [0, 0.1) is 11.8 Å². The number of imidazole rings is 1. The summed E-state index contributed by atoms with van der Waals surface area (Å²) in [5, 5.41) is 11.9. The number of amides is 2. The number of hydrogen-bond donors (Lipinski definition) is 2. The van der Waals surface area contributed by atoms with E-state index in [1.807, 2.05) is 17.7 Å². The summed E-state index contributed by atoms with van der Waals surface area (Å²) >= 11 is 0. The molecule has 0 bridgehead atoms. The van der Waals surface area contributed by atoms with Gasteiger partial charge in [0.2, 0.25) is 0 Å². The van der Waals surface area contributed by atoms with E-state index >= 15 is 0 Å². The van der Waals surface area contributed by atoms with Gasteiger partial charge in [0.1, 0.15) is 0 Å². The Kier molecular flexibility index (Phi) is 4.60. The fourth-order valence-electron chi connectivity index (χ4n) is 2.44. The number of rotatable bonds is 5. The molecular formula is C13H20N4O3. The molecule has 2 rings (SSSR count). The highest BCUT2D eigenvalue weighted by Crippen LogP contribution is 2.22. The number of aromatic nitrogens is 2. The molecule has 0 spiro atoms. The van der Waals surface area contributed by atoms with Gasteiger partial charge in [0.25, 0.3) is 0 Å². The highest BCUT2D eigenvalue weighted by molar-refractivity contribution is 5.77. The fourth-order valence-corrected chi connectivity index (χ4v) is 2.44. The Bertz CT molecular complexity index is 460. The van der Waals surface area contributed by atoms with Gasteiger partial charge in [0.15, 0.2) is 0 Å². The molecule has 0 aliphatic carbocycles. The molecule has 0 aromatic carbocycles. The number of nitrogens with zero attached hydrogens (tertiary/aromatic N) is 3. The molecule has 2 amide bonds. The Labute approximate surface area is 117 Å². The van der Waals surface area contributed by atoms with Gasteiger partial charge in [-0.15, -0.1) is 0 Å². The highest BCUT2D eigenvalue weighted by atomic mass is 16.4. The van der Waals surface area contributed by atoms with Gasteiger partial charge < -0.3 is 19.9 Å². The number of aliphatic carboxylic acids is 1. The van der Waals surface area contributed by atoms with Gasteiger partial charge in [-0.2, -0.15) is 0 Å². The van der Waals surface area contributed by atoms with Crippen molar-refractivity contribution < 1.29 is 14.7 Å². The lowest BCUT2D eigenvalue weighted by atomic mass is 9.99. The van der Waals surface area contributed by atoms with Crippen LogP contribution in [0.15, 0.2) is 18.7 Å². The Morgan fingerprint density at radius 3 is 2.85 bits per heavy atom. The lowest BCUT2D eigenvalue weighted by Crippen LogP contribution is -2.39. The molecule has 0 saturated carbocycles. The molecule has 0 radical (unpaired) electrons. The van der Waals surface area contributed by atoms with Crippen molar-refractivity contribution in [1.82, 2.24) is 19.8 Å². The van der Waals surface area contributed by atoms with E-state index in [9.17, 15) is 9.59 Å². The van der Waals surface area contributed by atoms with Gasteiger partial charge in [-0.1, -0.05) is 6.92 Å². The summed E-state index contributed by atoms with van der Waals surface area (Å²) in [7, 11) is 0. The summed E-state index contributed by atoms with van der Waals surface area (Å²) in [6.45, 7) is 4.04. The molecule has 20 heavy (non-hydrogen) atoms. The first kappa shape index (κ1) is 14.4. The topological polar surface area (TPSA) is 87.5 Å². The number of hydrogen-bond acceptors (Lipinski definition) is 3. The molecule has 2 heterocycles. The van der Waals surface area contributed by atoms with E-state index in [2.05, 4.69) is 10.3 Å². The monoisotopic (exact) mass is 280 g/mol. The van der Waals surface area contributed by atoms with Crippen LogP contribution in [0.3, 0.4) is 0 Å². The molecule has 7 heteroatoms. The van der Waals surface area contributed by atoms with Crippen molar-refractivity contribution in [2.24, 2.45) is 11.8 Å². The van der Waals surface area contributed by atoms with E-state index in [0.717, 1.165) is 13.0 Å². The average molecular weight is 280 g/mol. The summed E-state index contributed by atoms with van der Waals surface area (Å²) in [6.07, 6.45) is 6.15. The Hall–Kier alpha value is -2.05. The number of urea groups is 1. The number of carbonyl (C=O) groups is 2. The lowest BCUT2D eigenvalue weighted by molar-refractivity contribution is -0.142. The Morgan fingerprint density at radius 2 is 2.25 bits per heavy atom. The zero-order valence-electron chi connectivity index (χ0n) is 11.5. The van der Waals surface area contributed by atoms with Gasteiger partial charge in [-0.25, -0.2) is 9.78 Å². The summed E-state index contributed by atoms with van der Waals surface area (Å²) < 4.78 is 1.95. The molecule has 0 unspecified atom stereocenters. The minimum Gasteiger partial charge on any atom is -0.481 e. The van der Waals surface area contributed by atoms with Crippen molar-refractivity contribution in [1.29, 1.82) is 0 Å². The number of likely N-dealkylation sites (tertiary alicyclic amines) is 1. The van der Waals surface area contributed by atoms with Crippen molar-refractivity contribution in [3.63, 3.8) is 0 Å². The summed E-state index contributed by atoms with van der Waals surface area (Å²) in [5.41, 5.74) is 0. The number of carbonyl (C=O) groups excluding carboxylic acids is 1. The zero-order valence-corrected chi connectivity index (χ0v) is 11.5. The molecule has 110 valence electrons. The van der Waals surface area contributed by atoms with Gasteiger partial charge in [-0.3, -0.25) is 4.79 Å². The second-order valence-corrected chi connectivity index (χ2v) is 5.21. The van der Waals surface area contributed by atoms with Crippen molar-refractivity contribution in [2.75, 3.05) is 19.6 Å². The van der Waals surface area contributed by atoms with Gasteiger partial charge in [0.05, 0.1) is 12.2 Å². The van der Waals surface area contributed by atoms with Crippen LogP contribution in [0.2, 0.25) is 0 Å². The molecule has 1 aromatic rings. The fraction of sp³-hybridized carbons (Fsp3) is 0.615. The minimum atomic E-state index is -0.826. The van der Waals surface area contributed by atoms with Crippen molar-refractivity contribution >= 4 is 12.0 Å². The van der Waals surface area contributed by atoms with Crippen molar-refractivity contribution in [2.45, 2.75) is 19.9 Å². The molecule has 1 aliphatic heterocycles. The molecule has 1 aliphatic rings. The van der Waals surface area contributed by atoms with Gasteiger partial charge in [-0.05, 0) is 12.3 Å². The third kappa shape index (κ3) is 3.49. The Morgan fingerprint density at radius 1 is 1.45 bits per heavy atom. The molecule has 1 aromatic heterocycles. The number of nitrogens with one attached hydrogen (secondary N) is 1. The summed E-state index contributed by atoms with van der Waals surface area (Å²) in [5.74, 6) is -1.27. The molecule has 2 atom stereocenters. The molecule has 2 N–H and O–H groups in total. The maximum atomic E-state index is 11.9. The first-order valence-corrected chi connectivity index (χ1v) is 6.79. The minimum absolute atomic E-state index is 0.00389. The normalized spacial score (nSPS) is 21.9. The van der Waals surface area contributed by atoms with Gasteiger partial charge >= 0.3 is 12.0 Å². The van der Waals surface area contributed by atoms with E-state index in [1.54, 1.807) is 17.4 Å². The maximum Gasteiger partial charge on any atom is 0.317 e. The number of carboxylic acids is 1. The molecular weight excluding hydrogens is 260 g/mol. The standard InChI is InChI=1S/C13H20N4O3/c1-10-7-17(8-11(10)12(18)19)13(20)15-3-2-5-16-6-4-14-9-16/h4,6,9-11H,2-3,5,7-8H2,1H3,(H,15,20)(H,18,19)/t10-,11-/m1/s1. The SMILES string of the molecule is C[C@@H]1CN(C(=O)NCCCn2ccnc2)C[C@H]1C(=O)O. The largest absolute Gasteiger partial charge is 0.481 e. The second kappa shape index (κ2) is 6.40. The number of carboxylic acid groups (broad SMARTS) is 1. The molecule has 1 fully saturated rings. The van der Waals surface area contributed by atoms with E-state index in [4.69, 9.17) is 5.11 Å². The van der Waals surface area contributed by atoms with Crippen molar-refractivity contribution in [3.8, 4) is 0 Å². The van der Waals surface area contributed by atoms with Gasteiger partial charge in [0, 0.05) is 38.6 Å². The van der Waals surface area contributed by atoms with Crippen LogP contribution in [0.1, 0.15) is 13.3 Å². The second-order valence-electron chi connectivity index (χ2n) is 5.21. The number of aryl methyl sites for hydroxylation is 1. The smallest absolute Gasteiger partial charge is 0.317 e. The molecule has 1 saturated heterocycles. The summed E-state index contributed by atoms with van der Waals surface area (Å²) in [4.78, 5) is 28.5. The van der Waals surface area contributed by atoms with Crippen LogP contribution >= 0.6 is 0 Å². The molecule has 7 nitrogen and oxygen atoms in total. The van der Waals surface area contributed by atoms with Crippen LogP contribution in [-0.4, -0.2) is 51.2 Å². The third-order valence-corrected chi connectivity index (χ3v) is 3.65. The first-order valence-electron chi connectivity index (χ1n) is 6.79. The van der Waals surface area contributed by atoms with Crippen LogP contribution in [0.4, 0.5) is 4.79 Å². The summed E-state index contributed by atoms with van der Waals surface area (Å²) in [6, 6.07) is -0.175. The van der Waals surface area contributed by atoms with E-state index in [-0.39, 0.29) is 11.9 Å². The first-order chi connectivity index (χ1) is 9.58. The van der Waals surface area contributed by atoms with Crippen LogP contribution in [0.5, 0.6) is 0 Å². The average Bonchev–Trinajstić information content (AvgIpc) is 3.03. The predicted molar refractivity (Wildman–Crippen MR) is 72.1 cm³/mol.